The third kappa shape index (κ3) is 2.62. The molecule has 14 heavy (non-hydrogen) atoms. The van der Waals surface area contributed by atoms with Gasteiger partial charge in [0.15, 0.2) is 5.75 Å². The molecule has 0 spiro atoms. The molecule has 0 saturated carbocycles. The van der Waals surface area contributed by atoms with Gasteiger partial charge in [-0.2, -0.15) is 0 Å². The first-order valence-electron chi connectivity index (χ1n) is 4.09. The van der Waals surface area contributed by atoms with E-state index in [4.69, 9.17) is 14.3 Å². The van der Waals surface area contributed by atoms with Gasteiger partial charge in [0.25, 0.3) is 0 Å². The van der Waals surface area contributed by atoms with E-state index in [2.05, 4.69) is 0 Å². The Hall–Kier alpha value is -1.78. The van der Waals surface area contributed by atoms with Crippen molar-refractivity contribution in [2.45, 2.75) is 20.0 Å². The molecule has 0 saturated heterocycles. The Morgan fingerprint density at radius 3 is 2.93 bits per heavy atom. The van der Waals surface area contributed by atoms with Crippen molar-refractivity contribution in [2.24, 2.45) is 0 Å². The molecule has 0 fully saturated rings. The van der Waals surface area contributed by atoms with Crippen molar-refractivity contribution in [1.82, 2.24) is 0 Å². The van der Waals surface area contributed by atoms with Crippen molar-refractivity contribution in [3.8, 4) is 5.75 Å². The van der Waals surface area contributed by atoms with Gasteiger partial charge in [0.2, 0.25) is 5.43 Å². The zero-order chi connectivity index (χ0) is 10.6. The fourth-order valence-corrected chi connectivity index (χ4v) is 0.773. The van der Waals surface area contributed by atoms with Crippen molar-refractivity contribution < 1.29 is 19.1 Å². The minimum atomic E-state index is -0.557. The lowest BCUT2D eigenvalue weighted by molar-refractivity contribution is -0.145. The molecule has 0 atom stereocenters. The number of hydrogen-bond acceptors (Lipinski definition) is 5. The molecule has 0 amide bonds. The van der Waals surface area contributed by atoms with Gasteiger partial charge in [0.1, 0.15) is 18.6 Å². The van der Waals surface area contributed by atoms with Crippen LogP contribution in [-0.4, -0.2) is 11.1 Å². The second-order valence-electron chi connectivity index (χ2n) is 2.61. The maximum atomic E-state index is 10.9. The summed E-state index contributed by atoms with van der Waals surface area (Å²) in [6.07, 6.45) is 1.18. The number of carbonyl (C=O) groups is 1. The lowest BCUT2D eigenvalue weighted by Gasteiger charge is -2.01. The van der Waals surface area contributed by atoms with Gasteiger partial charge in [-0.3, -0.25) is 9.59 Å². The average molecular weight is 198 g/mol. The molecule has 5 heteroatoms. The van der Waals surface area contributed by atoms with Crippen LogP contribution >= 0.6 is 0 Å². The molecule has 0 aliphatic heterocycles. The predicted molar refractivity (Wildman–Crippen MR) is 46.7 cm³/mol. The fourth-order valence-electron chi connectivity index (χ4n) is 0.773. The number of esters is 1. The van der Waals surface area contributed by atoms with E-state index in [1.165, 1.54) is 0 Å². The Morgan fingerprint density at radius 2 is 2.36 bits per heavy atom. The second-order valence-corrected chi connectivity index (χ2v) is 2.61. The van der Waals surface area contributed by atoms with E-state index >= 15 is 0 Å². The van der Waals surface area contributed by atoms with Crippen LogP contribution in [0, 0.1) is 0 Å². The Morgan fingerprint density at radius 1 is 1.64 bits per heavy atom. The maximum Gasteiger partial charge on any atom is 0.305 e. The first kappa shape index (κ1) is 10.3. The summed E-state index contributed by atoms with van der Waals surface area (Å²) in [6.45, 7) is 1.57. The molecule has 0 aliphatic rings. The third-order valence-electron chi connectivity index (χ3n) is 1.53. The van der Waals surface area contributed by atoms with Crippen molar-refractivity contribution in [3.05, 3.63) is 28.3 Å². The zero-order valence-corrected chi connectivity index (χ0v) is 7.65. The van der Waals surface area contributed by atoms with Crippen LogP contribution in [0.25, 0.3) is 0 Å². The van der Waals surface area contributed by atoms with Crippen LogP contribution < -0.4 is 5.43 Å². The zero-order valence-electron chi connectivity index (χ0n) is 7.65. The van der Waals surface area contributed by atoms with Gasteiger partial charge in [0.05, 0.1) is 0 Å². The summed E-state index contributed by atoms with van der Waals surface area (Å²) >= 11 is 0. The number of hydrogen-bond donors (Lipinski definition) is 1. The molecule has 0 unspecified atom stereocenters. The number of rotatable bonds is 3. The summed E-state index contributed by atoms with van der Waals surface area (Å²) in [7, 11) is 0. The second kappa shape index (κ2) is 4.45. The molecular weight excluding hydrogens is 188 g/mol. The van der Waals surface area contributed by atoms with Gasteiger partial charge >= 0.3 is 5.97 Å². The molecular formula is C9H10O5. The molecule has 1 rings (SSSR count). The molecule has 0 radical (unpaired) electrons. The number of carbonyl (C=O) groups excluding carboxylic acids is 1. The van der Waals surface area contributed by atoms with Gasteiger partial charge in [0, 0.05) is 12.5 Å². The minimum absolute atomic E-state index is 0.0950. The standard InChI is InChI=1S/C9H10O5/c1-2-9(12)14-4-6-3-7(10)8(11)5-13-6/h3,5,11H,2,4H2,1H3. The first-order chi connectivity index (χ1) is 6.63. The van der Waals surface area contributed by atoms with Crippen molar-refractivity contribution in [3.63, 3.8) is 0 Å². The van der Waals surface area contributed by atoms with Crippen molar-refractivity contribution in [2.75, 3.05) is 0 Å². The van der Waals surface area contributed by atoms with Crippen LogP contribution in [0.1, 0.15) is 19.1 Å². The van der Waals surface area contributed by atoms with Crippen molar-refractivity contribution in [1.29, 1.82) is 0 Å². The maximum absolute atomic E-state index is 10.9. The van der Waals surface area contributed by atoms with Gasteiger partial charge < -0.3 is 14.3 Å². The van der Waals surface area contributed by atoms with Crippen LogP contribution in [0.3, 0.4) is 0 Å². The minimum Gasteiger partial charge on any atom is -0.502 e. The van der Waals surface area contributed by atoms with Crippen LogP contribution in [0.2, 0.25) is 0 Å². The van der Waals surface area contributed by atoms with E-state index in [1.807, 2.05) is 0 Å². The Kier molecular flexibility index (Phi) is 3.28. The SMILES string of the molecule is CCC(=O)OCc1cc(=O)c(O)co1. The number of aromatic hydroxyl groups is 1. The van der Waals surface area contributed by atoms with Gasteiger partial charge in [-0.25, -0.2) is 0 Å². The third-order valence-corrected chi connectivity index (χ3v) is 1.53. The quantitative estimate of drug-likeness (QED) is 0.727. The summed E-state index contributed by atoms with van der Waals surface area (Å²) in [5.41, 5.74) is -0.557. The Labute approximate surface area is 79.9 Å². The van der Waals surface area contributed by atoms with Crippen molar-refractivity contribution >= 4 is 5.97 Å². The lowest BCUT2D eigenvalue weighted by Crippen LogP contribution is -2.05. The first-order valence-corrected chi connectivity index (χ1v) is 4.09. The summed E-state index contributed by atoms with van der Waals surface area (Å²) < 4.78 is 9.53. The fraction of sp³-hybridized carbons (Fsp3) is 0.333. The molecule has 1 N–H and O–H groups in total. The van der Waals surface area contributed by atoms with Gasteiger partial charge in [-0.1, -0.05) is 6.92 Å². The smallest absolute Gasteiger partial charge is 0.305 e. The normalized spacial score (nSPS) is 9.79. The molecule has 5 nitrogen and oxygen atoms in total. The average Bonchev–Trinajstić information content (AvgIpc) is 2.19. The highest BCUT2D eigenvalue weighted by atomic mass is 16.5. The van der Waals surface area contributed by atoms with E-state index in [0.29, 0.717) is 0 Å². The summed E-state index contributed by atoms with van der Waals surface area (Å²) in [4.78, 5) is 21.6. The summed E-state index contributed by atoms with van der Waals surface area (Å²) in [6, 6.07) is 1.08. The molecule has 0 bridgehead atoms. The molecule has 1 aromatic rings. The van der Waals surface area contributed by atoms with Gasteiger partial charge in [-0.15, -0.1) is 0 Å². The van der Waals surface area contributed by atoms with E-state index < -0.39 is 11.2 Å². The lowest BCUT2D eigenvalue weighted by atomic mass is 10.4. The highest BCUT2D eigenvalue weighted by Crippen LogP contribution is 2.04. The van der Waals surface area contributed by atoms with E-state index in [1.54, 1.807) is 6.92 Å². The highest BCUT2D eigenvalue weighted by Gasteiger charge is 2.04. The van der Waals surface area contributed by atoms with Crippen LogP contribution in [0.5, 0.6) is 5.75 Å². The topological polar surface area (TPSA) is 76.7 Å². The monoisotopic (exact) mass is 198 g/mol. The van der Waals surface area contributed by atoms with Gasteiger partial charge in [-0.05, 0) is 0 Å². The molecule has 0 aromatic carbocycles. The Bertz CT molecular complexity index is 379. The summed E-state index contributed by atoms with van der Waals surface area (Å²) in [5, 5.41) is 8.85. The molecule has 1 heterocycles. The van der Waals surface area contributed by atoms with E-state index in [-0.39, 0.29) is 24.8 Å². The molecule has 0 aliphatic carbocycles. The summed E-state index contributed by atoms with van der Waals surface area (Å²) in [5.74, 6) is -0.633. The number of ether oxygens (including phenoxy) is 1. The van der Waals surface area contributed by atoms with Crippen LogP contribution in [0.15, 0.2) is 21.5 Å². The van der Waals surface area contributed by atoms with E-state index in [0.717, 1.165) is 12.3 Å². The van der Waals surface area contributed by atoms with E-state index in [9.17, 15) is 9.59 Å². The largest absolute Gasteiger partial charge is 0.502 e. The predicted octanol–water partition coefficient (Wildman–Crippen LogP) is 0.799. The highest BCUT2D eigenvalue weighted by molar-refractivity contribution is 5.68. The Balaban J connectivity index is 2.65. The molecule has 1 aromatic heterocycles. The van der Waals surface area contributed by atoms with Crippen LogP contribution in [-0.2, 0) is 16.1 Å². The van der Waals surface area contributed by atoms with Crippen LogP contribution in [0.4, 0.5) is 0 Å². The molecule has 76 valence electrons.